The summed E-state index contributed by atoms with van der Waals surface area (Å²) in [6.45, 7) is 0. The van der Waals surface area contributed by atoms with Crippen LogP contribution in [0.1, 0.15) is 91.0 Å². The van der Waals surface area contributed by atoms with Gasteiger partial charge in [-0.25, -0.2) is 0 Å². The first-order valence-electron chi connectivity index (χ1n) is 10.3. The monoisotopic (exact) mass is 373 g/mol. The zero-order chi connectivity index (χ0) is 19.4. The Morgan fingerprint density at radius 1 is 0.963 bits per heavy atom. The quantitative estimate of drug-likeness (QED) is 0.881. The molecular weight excluding hydrogens is 342 g/mol. The van der Waals surface area contributed by atoms with E-state index in [-0.39, 0.29) is 29.1 Å². The lowest BCUT2D eigenvalue weighted by atomic mass is 9.93. The first-order chi connectivity index (χ1) is 13.0. The minimum absolute atomic E-state index is 0.0611. The van der Waals surface area contributed by atoms with E-state index in [0.717, 1.165) is 51.4 Å². The number of amides is 2. The van der Waals surface area contributed by atoms with Crippen molar-refractivity contribution in [2.45, 2.75) is 76.3 Å². The zero-order valence-corrected chi connectivity index (χ0v) is 16.5. The summed E-state index contributed by atoms with van der Waals surface area (Å²) in [7, 11) is 3.30. The average molecular weight is 373 g/mol. The predicted octanol–water partition coefficient (Wildman–Crippen LogP) is 3.12. The molecule has 0 unspecified atom stereocenters. The normalized spacial score (nSPS) is 18.9. The van der Waals surface area contributed by atoms with Crippen LogP contribution in [-0.4, -0.2) is 41.4 Å². The molecule has 2 saturated carbocycles. The highest BCUT2D eigenvalue weighted by molar-refractivity contribution is 5.99. The standard InChI is InChI=1S/C21H31N3O3/c1-22-20(26)17-13-24(16-11-7-4-8-12-16)14-18(19(17)25)21(27)23(2)15-9-5-3-6-10-15/h13-16H,3-12H2,1-2H3,(H,22,26). The number of rotatable bonds is 4. The van der Waals surface area contributed by atoms with Crippen LogP contribution in [0.15, 0.2) is 17.2 Å². The van der Waals surface area contributed by atoms with Gasteiger partial charge in [-0.05, 0) is 25.7 Å². The molecule has 3 rings (SSSR count). The molecule has 0 saturated heterocycles. The largest absolute Gasteiger partial charge is 0.355 e. The second-order valence-electron chi connectivity index (χ2n) is 7.94. The third kappa shape index (κ3) is 4.25. The SMILES string of the molecule is CNC(=O)c1cn(C2CCCCC2)cc(C(=O)N(C)C2CCCCC2)c1=O. The summed E-state index contributed by atoms with van der Waals surface area (Å²) in [5.41, 5.74) is -0.283. The topological polar surface area (TPSA) is 71.4 Å². The number of aromatic nitrogens is 1. The van der Waals surface area contributed by atoms with Crippen LogP contribution >= 0.6 is 0 Å². The van der Waals surface area contributed by atoms with Crippen molar-refractivity contribution >= 4 is 11.8 Å². The van der Waals surface area contributed by atoms with Gasteiger partial charge in [0.25, 0.3) is 11.8 Å². The van der Waals surface area contributed by atoms with Crippen molar-refractivity contribution in [1.82, 2.24) is 14.8 Å². The van der Waals surface area contributed by atoms with Crippen molar-refractivity contribution in [2.24, 2.45) is 0 Å². The fourth-order valence-electron chi connectivity index (χ4n) is 4.46. The van der Waals surface area contributed by atoms with Crippen LogP contribution in [0.4, 0.5) is 0 Å². The van der Waals surface area contributed by atoms with Crippen molar-refractivity contribution < 1.29 is 9.59 Å². The maximum Gasteiger partial charge on any atom is 0.259 e. The third-order valence-corrected chi connectivity index (χ3v) is 6.19. The number of carbonyl (C=O) groups is 2. The van der Waals surface area contributed by atoms with E-state index in [2.05, 4.69) is 5.32 Å². The van der Waals surface area contributed by atoms with Gasteiger partial charge in [-0.15, -0.1) is 0 Å². The minimum Gasteiger partial charge on any atom is -0.355 e. The molecule has 0 spiro atoms. The zero-order valence-electron chi connectivity index (χ0n) is 16.5. The van der Waals surface area contributed by atoms with Crippen LogP contribution in [0.25, 0.3) is 0 Å². The predicted molar refractivity (Wildman–Crippen MR) is 105 cm³/mol. The lowest BCUT2D eigenvalue weighted by molar-refractivity contribution is 0.0693. The summed E-state index contributed by atoms with van der Waals surface area (Å²) in [5.74, 6) is -0.693. The molecule has 1 aromatic heterocycles. The summed E-state index contributed by atoms with van der Waals surface area (Å²) in [4.78, 5) is 40.0. The van der Waals surface area contributed by atoms with Gasteiger partial charge in [0.2, 0.25) is 5.43 Å². The molecule has 0 radical (unpaired) electrons. The molecule has 2 aliphatic rings. The first-order valence-corrected chi connectivity index (χ1v) is 10.3. The van der Waals surface area contributed by atoms with E-state index in [1.165, 1.54) is 19.9 Å². The smallest absolute Gasteiger partial charge is 0.259 e. The molecule has 0 aliphatic heterocycles. The molecule has 2 aliphatic carbocycles. The van der Waals surface area contributed by atoms with Crippen LogP contribution in [0.5, 0.6) is 0 Å². The van der Waals surface area contributed by atoms with E-state index in [0.29, 0.717) is 0 Å². The van der Waals surface area contributed by atoms with Gasteiger partial charge in [0.1, 0.15) is 11.1 Å². The lowest BCUT2D eigenvalue weighted by Crippen LogP contribution is -2.41. The van der Waals surface area contributed by atoms with Gasteiger partial charge in [-0.3, -0.25) is 14.4 Å². The first kappa shape index (κ1) is 19.6. The molecule has 0 bridgehead atoms. The van der Waals surface area contributed by atoms with Crippen LogP contribution in [0, 0.1) is 0 Å². The van der Waals surface area contributed by atoms with Crippen LogP contribution in [0.2, 0.25) is 0 Å². The number of nitrogens with one attached hydrogen (secondary N) is 1. The number of carbonyl (C=O) groups excluding carboxylic acids is 2. The van der Waals surface area contributed by atoms with Crippen molar-refractivity contribution in [2.75, 3.05) is 14.1 Å². The van der Waals surface area contributed by atoms with E-state index in [4.69, 9.17) is 0 Å². The van der Waals surface area contributed by atoms with Gasteiger partial charge in [0.15, 0.2) is 0 Å². The van der Waals surface area contributed by atoms with Gasteiger partial charge in [0.05, 0.1) is 0 Å². The number of nitrogens with zero attached hydrogens (tertiary/aromatic N) is 2. The molecular formula is C21H31N3O3. The molecule has 6 heteroatoms. The summed E-state index contributed by atoms with van der Waals surface area (Å²) in [5, 5.41) is 2.53. The lowest BCUT2D eigenvalue weighted by Gasteiger charge is -2.31. The highest BCUT2D eigenvalue weighted by Gasteiger charge is 2.27. The number of hydrogen-bond donors (Lipinski definition) is 1. The Kier molecular flexibility index (Phi) is 6.34. The highest BCUT2D eigenvalue weighted by Crippen LogP contribution is 2.28. The van der Waals surface area contributed by atoms with Crippen LogP contribution < -0.4 is 10.7 Å². The Bertz CT molecular complexity index is 744. The van der Waals surface area contributed by atoms with Gasteiger partial charge in [-0.2, -0.15) is 0 Å². The Balaban J connectivity index is 1.97. The maximum atomic E-state index is 13.1. The second-order valence-corrected chi connectivity index (χ2v) is 7.94. The maximum absolute atomic E-state index is 13.1. The third-order valence-electron chi connectivity index (χ3n) is 6.19. The van der Waals surface area contributed by atoms with Crippen LogP contribution in [-0.2, 0) is 0 Å². The number of hydrogen-bond acceptors (Lipinski definition) is 3. The molecule has 1 heterocycles. The number of pyridine rings is 1. The van der Waals surface area contributed by atoms with E-state index in [1.807, 2.05) is 4.57 Å². The second kappa shape index (κ2) is 8.72. The van der Waals surface area contributed by atoms with Gasteiger partial charge in [0, 0.05) is 38.6 Å². The molecule has 6 nitrogen and oxygen atoms in total. The van der Waals surface area contributed by atoms with Crippen molar-refractivity contribution in [1.29, 1.82) is 0 Å². The van der Waals surface area contributed by atoms with Crippen molar-refractivity contribution in [3.8, 4) is 0 Å². The Morgan fingerprint density at radius 2 is 1.52 bits per heavy atom. The highest BCUT2D eigenvalue weighted by atomic mass is 16.2. The Morgan fingerprint density at radius 3 is 2.11 bits per heavy atom. The van der Waals surface area contributed by atoms with Gasteiger partial charge >= 0.3 is 0 Å². The molecule has 148 valence electrons. The summed E-state index contributed by atoms with van der Waals surface area (Å²) in [6, 6.07) is 0.423. The minimum atomic E-state index is -0.464. The molecule has 1 N–H and O–H groups in total. The molecule has 2 amide bonds. The van der Waals surface area contributed by atoms with Crippen LogP contribution in [0.3, 0.4) is 0 Å². The molecule has 0 aromatic carbocycles. The van der Waals surface area contributed by atoms with Crippen molar-refractivity contribution in [3.63, 3.8) is 0 Å². The summed E-state index contributed by atoms with van der Waals surface area (Å²) < 4.78 is 1.94. The van der Waals surface area contributed by atoms with E-state index in [9.17, 15) is 14.4 Å². The average Bonchev–Trinajstić information content (AvgIpc) is 2.73. The fraction of sp³-hybridized carbons (Fsp3) is 0.667. The van der Waals surface area contributed by atoms with E-state index in [1.54, 1.807) is 24.3 Å². The van der Waals surface area contributed by atoms with Gasteiger partial charge in [-0.1, -0.05) is 38.5 Å². The van der Waals surface area contributed by atoms with Crippen molar-refractivity contribution in [3.05, 3.63) is 33.7 Å². The van der Waals surface area contributed by atoms with Gasteiger partial charge < -0.3 is 14.8 Å². The van der Waals surface area contributed by atoms with E-state index >= 15 is 0 Å². The molecule has 1 aromatic rings. The molecule has 2 fully saturated rings. The molecule has 27 heavy (non-hydrogen) atoms. The molecule has 0 atom stereocenters. The fourth-order valence-corrected chi connectivity index (χ4v) is 4.46. The Labute approximate surface area is 160 Å². The van der Waals surface area contributed by atoms with E-state index < -0.39 is 11.3 Å². The summed E-state index contributed by atoms with van der Waals surface area (Å²) in [6.07, 6.45) is 14.2. The Hall–Kier alpha value is -2.11. The summed E-state index contributed by atoms with van der Waals surface area (Å²) >= 11 is 0.